The Labute approximate surface area is 90.9 Å². The van der Waals surface area contributed by atoms with Gasteiger partial charge in [0.2, 0.25) is 0 Å². The van der Waals surface area contributed by atoms with Gasteiger partial charge in [-0.15, -0.1) is 5.10 Å². The molecule has 2 aromatic heterocycles. The Morgan fingerprint density at radius 1 is 1.50 bits per heavy atom. The van der Waals surface area contributed by atoms with E-state index in [1.807, 2.05) is 0 Å². The fraction of sp³-hybridized carbons (Fsp3) is 0.400. The molecule has 0 aliphatic heterocycles. The van der Waals surface area contributed by atoms with E-state index in [4.69, 9.17) is 5.11 Å². The molecule has 3 rings (SSSR count). The van der Waals surface area contributed by atoms with Crippen molar-refractivity contribution in [2.45, 2.75) is 25.2 Å². The van der Waals surface area contributed by atoms with Gasteiger partial charge >= 0.3 is 5.97 Å². The van der Waals surface area contributed by atoms with Gasteiger partial charge in [0.05, 0.1) is 17.6 Å². The molecule has 0 radical (unpaired) electrons. The van der Waals surface area contributed by atoms with E-state index >= 15 is 0 Å². The van der Waals surface area contributed by atoms with Crippen LogP contribution in [0.5, 0.6) is 0 Å². The normalized spacial score (nSPS) is 19.6. The number of carbonyl (C=O) groups is 1. The highest BCUT2D eigenvalue weighted by molar-refractivity contribution is 5.76. The average molecular weight is 218 g/mol. The van der Waals surface area contributed by atoms with E-state index in [2.05, 4.69) is 15.3 Å². The van der Waals surface area contributed by atoms with Gasteiger partial charge in [0, 0.05) is 6.07 Å². The van der Waals surface area contributed by atoms with Crippen molar-refractivity contribution in [1.29, 1.82) is 0 Å². The highest BCUT2D eigenvalue weighted by Gasteiger charge is 2.30. The molecule has 1 N–H and O–H groups in total. The minimum Gasteiger partial charge on any atom is -0.481 e. The summed E-state index contributed by atoms with van der Waals surface area (Å²) in [6, 6.07) is 1.76. The summed E-state index contributed by atoms with van der Waals surface area (Å²) in [6.45, 7) is 0. The molecule has 0 fully saturated rings. The van der Waals surface area contributed by atoms with Crippen LogP contribution in [-0.2, 0) is 11.2 Å². The third-order valence-corrected chi connectivity index (χ3v) is 2.97. The molecule has 1 atom stereocenters. The molecule has 0 aromatic carbocycles. The number of aryl methyl sites for hydroxylation is 1. The lowest BCUT2D eigenvalue weighted by Gasteiger charge is -2.20. The number of hydrogen-bond donors (Lipinski definition) is 1. The average Bonchev–Trinajstić information content (AvgIpc) is 2.76. The van der Waals surface area contributed by atoms with E-state index in [0.29, 0.717) is 17.8 Å². The second-order valence-corrected chi connectivity index (χ2v) is 3.92. The predicted molar refractivity (Wildman–Crippen MR) is 54.1 cm³/mol. The third-order valence-electron chi connectivity index (χ3n) is 2.97. The lowest BCUT2D eigenvalue weighted by atomic mass is 9.90. The first-order chi connectivity index (χ1) is 7.77. The number of carboxylic acid groups (broad SMARTS) is 1. The maximum absolute atomic E-state index is 11.1. The second kappa shape index (κ2) is 3.26. The second-order valence-electron chi connectivity index (χ2n) is 3.92. The number of carboxylic acids is 1. The van der Waals surface area contributed by atoms with Crippen LogP contribution >= 0.6 is 0 Å². The van der Waals surface area contributed by atoms with Gasteiger partial charge in [-0.05, 0) is 19.3 Å². The Balaban J connectivity index is 2.25. The van der Waals surface area contributed by atoms with E-state index < -0.39 is 11.9 Å². The van der Waals surface area contributed by atoms with Crippen molar-refractivity contribution in [3.63, 3.8) is 0 Å². The van der Waals surface area contributed by atoms with Crippen LogP contribution in [0.3, 0.4) is 0 Å². The molecule has 0 amide bonds. The zero-order valence-electron chi connectivity index (χ0n) is 8.50. The third kappa shape index (κ3) is 1.19. The van der Waals surface area contributed by atoms with Crippen LogP contribution in [0.25, 0.3) is 5.65 Å². The van der Waals surface area contributed by atoms with Gasteiger partial charge < -0.3 is 5.11 Å². The molecule has 6 heteroatoms. The van der Waals surface area contributed by atoms with Crippen molar-refractivity contribution in [3.05, 3.63) is 23.7 Å². The molecule has 1 aliphatic carbocycles. The van der Waals surface area contributed by atoms with Crippen molar-refractivity contribution < 1.29 is 9.90 Å². The van der Waals surface area contributed by atoms with Crippen molar-refractivity contribution in [3.8, 4) is 0 Å². The van der Waals surface area contributed by atoms with Gasteiger partial charge in [-0.3, -0.25) is 4.79 Å². The predicted octanol–water partition coefficient (Wildman–Crippen LogP) is 0.629. The monoisotopic (exact) mass is 218 g/mol. The van der Waals surface area contributed by atoms with Crippen LogP contribution in [0.15, 0.2) is 12.3 Å². The molecule has 0 saturated heterocycles. The van der Waals surface area contributed by atoms with Crippen molar-refractivity contribution in [2.24, 2.45) is 0 Å². The topological polar surface area (TPSA) is 80.4 Å². The summed E-state index contributed by atoms with van der Waals surface area (Å²) in [4.78, 5) is 11.1. The van der Waals surface area contributed by atoms with E-state index in [1.54, 1.807) is 16.8 Å². The zero-order chi connectivity index (χ0) is 11.1. The summed E-state index contributed by atoms with van der Waals surface area (Å²) >= 11 is 0. The molecule has 16 heavy (non-hydrogen) atoms. The summed E-state index contributed by atoms with van der Waals surface area (Å²) in [5.74, 6) is -1.37. The first kappa shape index (κ1) is 9.26. The van der Waals surface area contributed by atoms with Crippen LogP contribution in [-0.4, -0.2) is 30.9 Å². The molecule has 0 spiro atoms. The molecule has 2 aromatic rings. The van der Waals surface area contributed by atoms with Gasteiger partial charge in [0.15, 0.2) is 5.65 Å². The molecule has 0 saturated carbocycles. The first-order valence-electron chi connectivity index (χ1n) is 5.19. The molecular weight excluding hydrogens is 208 g/mol. The smallest absolute Gasteiger partial charge is 0.312 e. The largest absolute Gasteiger partial charge is 0.481 e. The van der Waals surface area contributed by atoms with Crippen LogP contribution < -0.4 is 0 Å². The van der Waals surface area contributed by atoms with E-state index in [0.717, 1.165) is 18.5 Å². The quantitative estimate of drug-likeness (QED) is 0.759. The van der Waals surface area contributed by atoms with Crippen LogP contribution in [0.2, 0.25) is 0 Å². The first-order valence-corrected chi connectivity index (χ1v) is 5.19. The summed E-state index contributed by atoms with van der Waals surface area (Å²) in [5, 5.41) is 21.3. The van der Waals surface area contributed by atoms with Gasteiger partial charge in [0.1, 0.15) is 5.92 Å². The fourth-order valence-corrected chi connectivity index (χ4v) is 2.21. The summed E-state index contributed by atoms with van der Waals surface area (Å²) < 4.78 is 1.69. The highest BCUT2D eigenvalue weighted by atomic mass is 16.4. The molecule has 0 bridgehead atoms. The Kier molecular flexibility index (Phi) is 1.89. The molecule has 1 aliphatic rings. The number of hydrogen-bond acceptors (Lipinski definition) is 4. The molecule has 2 heterocycles. The Hall–Kier alpha value is -1.98. The SMILES string of the molecule is O=C(O)C1CCCc2c1nnc1ccnn21. The molecule has 1 unspecified atom stereocenters. The Morgan fingerprint density at radius 3 is 3.19 bits per heavy atom. The maximum Gasteiger partial charge on any atom is 0.312 e. The summed E-state index contributed by atoms with van der Waals surface area (Å²) in [5.41, 5.74) is 2.12. The fourth-order valence-electron chi connectivity index (χ4n) is 2.21. The highest BCUT2D eigenvalue weighted by Crippen LogP contribution is 2.29. The van der Waals surface area contributed by atoms with Crippen LogP contribution in [0.4, 0.5) is 0 Å². The van der Waals surface area contributed by atoms with Crippen molar-refractivity contribution in [2.75, 3.05) is 0 Å². The number of nitrogens with zero attached hydrogens (tertiary/aromatic N) is 4. The molecular formula is C10H10N4O2. The lowest BCUT2D eigenvalue weighted by Crippen LogP contribution is -2.22. The number of rotatable bonds is 1. The van der Waals surface area contributed by atoms with Gasteiger partial charge in [-0.25, -0.2) is 4.52 Å². The Bertz CT molecular complexity index is 563. The lowest BCUT2D eigenvalue weighted by molar-refractivity contribution is -0.139. The van der Waals surface area contributed by atoms with Gasteiger partial charge in [-0.1, -0.05) is 0 Å². The Morgan fingerprint density at radius 2 is 2.38 bits per heavy atom. The molecule has 6 nitrogen and oxygen atoms in total. The van der Waals surface area contributed by atoms with Crippen molar-refractivity contribution >= 4 is 11.6 Å². The van der Waals surface area contributed by atoms with Crippen molar-refractivity contribution in [1.82, 2.24) is 19.8 Å². The number of fused-ring (bicyclic) bond motifs is 3. The minimum absolute atomic E-state index is 0.537. The summed E-state index contributed by atoms with van der Waals surface area (Å²) in [6.07, 6.45) is 3.94. The standard InChI is InChI=1S/C10H10N4O2/c15-10(16)6-2-1-3-7-9(6)13-12-8-4-5-11-14(7)8/h4-6H,1-3H2,(H,15,16). The van der Waals surface area contributed by atoms with Gasteiger partial charge in [0.25, 0.3) is 0 Å². The van der Waals surface area contributed by atoms with Crippen LogP contribution in [0.1, 0.15) is 30.1 Å². The minimum atomic E-state index is -0.832. The van der Waals surface area contributed by atoms with E-state index in [9.17, 15) is 4.79 Å². The maximum atomic E-state index is 11.1. The van der Waals surface area contributed by atoms with E-state index in [-0.39, 0.29) is 0 Å². The van der Waals surface area contributed by atoms with E-state index in [1.165, 1.54) is 0 Å². The summed E-state index contributed by atoms with van der Waals surface area (Å²) in [7, 11) is 0. The van der Waals surface area contributed by atoms with Crippen LogP contribution in [0, 0.1) is 0 Å². The van der Waals surface area contributed by atoms with Gasteiger partial charge in [-0.2, -0.15) is 10.2 Å². The number of aliphatic carboxylic acids is 1. The zero-order valence-corrected chi connectivity index (χ0v) is 8.50. The molecule has 82 valence electrons. The number of aromatic nitrogens is 4.